The Hall–Kier alpha value is -3.63. The molecule has 5 rings (SSSR count). The molecule has 1 aromatic heterocycles. The zero-order valence-electron chi connectivity index (χ0n) is 18.9. The number of aliphatic hydroxyl groups is 1. The standard InChI is InChI=1S/C24H27N7O3/c1-25-24(34)22(16-6-5-15-11-21(33)26-20(15)10-16)19(13-31-8-7-18(32)12-31)14-3-2-4-17(9-14)23-27-29-30-28-23/h2-6,9-10,18-19,22,32H,7-8,11-13H2,1H3,(H,25,34)(H,26,33)(H,27,28,29,30)/t18-,19+,22?/m0/s1. The summed E-state index contributed by atoms with van der Waals surface area (Å²) < 4.78 is 0. The Labute approximate surface area is 196 Å². The average molecular weight is 462 g/mol. The van der Waals surface area contributed by atoms with Gasteiger partial charge in [0.15, 0.2) is 0 Å². The van der Waals surface area contributed by atoms with Crippen LogP contribution in [0.25, 0.3) is 11.4 Å². The van der Waals surface area contributed by atoms with Crippen LogP contribution in [0.2, 0.25) is 0 Å². The van der Waals surface area contributed by atoms with Crippen LogP contribution in [0.1, 0.15) is 34.9 Å². The van der Waals surface area contributed by atoms with Crippen LogP contribution in [0.3, 0.4) is 0 Å². The van der Waals surface area contributed by atoms with Crippen molar-refractivity contribution < 1.29 is 14.7 Å². The Morgan fingerprint density at radius 1 is 1.26 bits per heavy atom. The van der Waals surface area contributed by atoms with Gasteiger partial charge in [0.2, 0.25) is 17.6 Å². The first-order chi connectivity index (χ1) is 16.5. The third kappa shape index (κ3) is 4.42. The molecule has 2 aliphatic rings. The van der Waals surface area contributed by atoms with Crippen molar-refractivity contribution in [2.75, 3.05) is 32.0 Å². The molecule has 1 saturated heterocycles. The van der Waals surface area contributed by atoms with Crippen LogP contribution in [-0.2, 0) is 16.0 Å². The van der Waals surface area contributed by atoms with Gasteiger partial charge in [0.25, 0.3) is 0 Å². The molecule has 2 amide bonds. The number of nitrogens with zero attached hydrogens (tertiary/aromatic N) is 4. The van der Waals surface area contributed by atoms with Gasteiger partial charge >= 0.3 is 0 Å². The Bertz CT molecular complexity index is 1200. The molecule has 3 atom stereocenters. The minimum atomic E-state index is -0.508. The second kappa shape index (κ2) is 9.32. The fourth-order valence-corrected chi connectivity index (χ4v) is 5.00. The first kappa shape index (κ1) is 22.2. The number of anilines is 1. The Balaban J connectivity index is 1.57. The number of rotatable bonds is 7. The maximum atomic E-state index is 13.3. The number of amides is 2. The lowest BCUT2D eigenvalue weighted by Crippen LogP contribution is -2.36. The number of likely N-dealkylation sites (tertiary alicyclic amines) is 1. The molecule has 0 aliphatic carbocycles. The number of nitrogens with one attached hydrogen (secondary N) is 3. The molecule has 3 heterocycles. The van der Waals surface area contributed by atoms with Gasteiger partial charge in [0.05, 0.1) is 18.4 Å². The molecular formula is C24H27N7O3. The van der Waals surface area contributed by atoms with Gasteiger partial charge in [-0.15, -0.1) is 10.2 Å². The van der Waals surface area contributed by atoms with Gasteiger partial charge in [-0.3, -0.25) is 9.59 Å². The maximum Gasteiger partial charge on any atom is 0.228 e. The predicted octanol–water partition coefficient (Wildman–Crippen LogP) is 1.04. The molecule has 3 aromatic rings. The fourth-order valence-electron chi connectivity index (χ4n) is 5.00. The van der Waals surface area contributed by atoms with Crippen LogP contribution >= 0.6 is 0 Å². The highest BCUT2D eigenvalue weighted by molar-refractivity contribution is 5.99. The van der Waals surface area contributed by atoms with Crippen molar-refractivity contribution in [1.82, 2.24) is 30.8 Å². The number of hydrogen-bond donors (Lipinski definition) is 4. The van der Waals surface area contributed by atoms with E-state index in [1.165, 1.54) is 0 Å². The number of carbonyl (C=O) groups excluding carboxylic acids is 2. The summed E-state index contributed by atoms with van der Waals surface area (Å²) in [6, 6.07) is 13.6. The quantitative estimate of drug-likeness (QED) is 0.413. The van der Waals surface area contributed by atoms with Gasteiger partial charge in [-0.2, -0.15) is 5.21 Å². The zero-order valence-corrected chi connectivity index (χ0v) is 18.9. The second-order valence-electron chi connectivity index (χ2n) is 8.90. The maximum absolute atomic E-state index is 13.3. The van der Waals surface area contributed by atoms with E-state index in [4.69, 9.17) is 0 Å². The molecule has 2 aromatic carbocycles. The Morgan fingerprint density at radius 3 is 2.88 bits per heavy atom. The van der Waals surface area contributed by atoms with Gasteiger partial charge in [0.1, 0.15) is 0 Å². The lowest BCUT2D eigenvalue weighted by atomic mass is 9.79. The third-order valence-corrected chi connectivity index (χ3v) is 6.67. The Kier molecular flexibility index (Phi) is 6.08. The smallest absolute Gasteiger partial charge is 0.228 e. The van der Waals surface area contributed by atoms with E-state index in [-0.39, 0.29) is 23.8 Å². The van der Waals surface area contributed by atoms with Crippen molar-refractivity contribution in [3.05, 3.63) is 59.2 Å². The van der Waals surface area contributed by atoms with Crippen molar-refractivity contribution in [3.63, 3.8) is 0 Å². The summed E-state index contributed by atoms with van der Waals surface area (Å²) in [4.78, 5) is 27.4. The van der Waals surface area contributed by atoms with Crippen molar-refractivity contribution in [2.24, 2.45) is 0 Å². The number of benzene rings is 2. The monoisotopic (exact) mass is 461 g/mol. The lowest BCUT2D eigenvalue weighted by molar-refractivity contribution is -0.122. The Morgan fingerprint density at radius 2 is 2.15 bits per heavy atom. The van der Waals surface area contributed by atoms with Gasteiger partial charge in [0, 0.05) is 43.9 Å². The number of H-pyrrole nitrogens is 1. The largest absolute Gasteiger partial charge is 0.392 e. The topological polar surface area (TPSA) is 136 Å². The lowest BCUT2D eigenvalue weighted by Gasteiger charge is -2.31. The van der Waals surface area contributed by atoms with Crippen molar-refractivity contribution in [2.45, 2.75) is 30.8 Å². The van der Waals surface area contributed by atoms with E-state index in [1.807, 2.05) is 42.5 Å². The SMILES string of the molecule is CNC(=O)C(c1ccc2c(c1)NC(=O)C2)[C@H](CN1CC[C@H](O)C1)c1cccc(-c2nn[nH]n2)c1. The summed E-state index contributed by atoms with van der Waals surface area (Å²) in [5.41, 5.74) is 4.28. The summed E-state index contributed by atoms with van der Waals surface area (Å²) in [6.07, 6.45) is 0.702. The number of aliphatic hydroxyl groups excluding tert-OH is 1. The van der Waals surface area contributed by atoms with Gasteiger partial charge in [-0.25, -0.2) is 0 Å². The molecular weight excluding hydrogens is 434 g/mol. The number of fused-ring (bicyclic) bond motifs is 1. The average Bonchev–Trinajstić information content (AvgIpc) is 3.59. The summed E-state index contributed by atoms with van der Waals surface area (Å²) in [6.45, 7) is 1.93. The minimum absolute atomic E-state index is 0.0425. The number of tetrazole rings is 1. The zero-order chi connectivity index (χ0) is 23.7. The van der Waals surface area contributed by atoms with Crippen LogP contribution in [0.5, 0.6) is 0 Å². The highest BCUT2D eigenvalue weighted by Gasteiger charge is 2.35. The molecule has 0 spiro atoms. The van der Waals surface area contributed by atoms with E-state index in [2.05, 4.69) is 36.2 Å². The summed E-state index contributed by atoms with van der Waals surface area (Å²) in [5.74, 6) is -0.398. The molecule has 2 aliphatic heterocycles. The van der Waals surface area contributed by atoms with Crippen LogP contribution in [0, 0.1) is 0 Å². The van der Waals surface area contributed by atoms with E-state index in [9.17, 15) is 14.7 Å². The van der Waals surface area contributed by atoms with Crippen molar-refractivity contribution >= 4 is 17.5 Å². The second-order valence-corrected chi connectivity index (χ2v) is 8.90. The minimum Gasteiger partial charge on any atom is -0.392 e. The number of likely N-dealkylation sites (N-methyl/N-ethyl adjacent to an activating group) is 1. The van der Waals surface area contributed by atoms with E-state index in [0.717, 1.165) is 34.5 Å². The van der Waals surface area contributed by atoms with E-state index in [1.54, 1.807) is 7.05 Å². The predicted molar refractivity (Wildman–Crippen MR) is 125 cm³/mol. The van der Waals surface area contributed by atoms with Crippen LogP contribution in [0.15, 0.2) is 42.5 Å². The van der Waals surface area contributed by atoms with E-state index >= 15 is 0 Å². The third-order valence-electron chi connectivity index (χ3n) is 6.67. The van der Waals surface area contributed by atoms with Gasteiger partial charge < -0.3 is 20.6 Å². The molecule has 4 N–H and O–H groups in total. The van der Waals surface area contributed by atoms with Crippen molar-refractivity contribution in [3.8, 4) is 11.4 Å². The van der Waals surface area contributed by atoms with E-state index in [0.29, 0.717) is 31.8 Å². The summed E-state index contributed by atoms with van der Waals surface area (Å²) in [7, 11) is 1.64. The molecule has 10 heteroatoms. The number of β-amino-alcohol motifs (C(OH)–C–C–N with tert-alkyl or cyclic N) is 1. The highest BCUT2D eigenvalue weighted by Crippen LogP contribution is 2.38. The molecule has 0 bridgehead atoms. The first-order valence-corrected chi connectivity index (χ1v) is 11.4. The number of aromatic amines is 1. The number of aromatic nitrogens is 4. The first-order valence-electron chi connectivity index (χ1n) is 11.4. The van der Waals surface area contributed by atoms with Crippen LogP contribution in [-0.4, -0.2) is 75.2 Å². The van der Waals surface area contributed by atoms with Crippen molar-refractivity contribution in [1.29, 1.82) is 0 Å². The fraction of sp³-hybridized carbons (Fsp3) is 0.375. The molecule has 0 radical (unpaired) electrons. The number of carbonyl (C=O) groups is 2. The molecule has 176 valence electrons. The molecule has 1 fully saturated rings. The molecule has 1 unspecified atom stereocenters. The number of hydrogen-bond acceptors (Lipinski definition) is 7. The normalized spacial score (nSPS) is 19.5. The van der Waals surface area contributed by atoms with Gasteiger partial charge in [-0.1, -0.05) is 30.3 Å². The van der Waals surface area contributed by atoms with Crippen LogP contribution < -0.4 is 10.6 Å². The molecule has 10 nitrogen and oxygen atoms in total. The summed E-state index contributed by atoms with van der Waals surface area (Å²) >= 11 is 0. The van der Waals surface area contributed by atoms with Gasteiger partial charge in [-0.05, 0) is 40.5 Å². The molecule has 34 heavy (non-hydrogen) atoms. The highest BCUT2D eigenvalue weighted by atomic mass is 16.3. The molecule has 0 saturated carbocycles. The van der Waals surface area contributed by atoms with Crippen LogP contribution in [0.4, 0.5) is 5.69 Å². The summed E-state index contributed by atoms with van der Waals surface area (Å²) in [5, 5.41) is 30.1. The van der Waals surface area contributed by atoms with E-state index < -0.39 is 5.92 Å².